The number of nitrogens with one attached hydrogen (secondary N) is 1. The zero-order valence-corrected chi connectivity index (χ0v) is 12.8. The van der Waals surface area contributed by atoms with E-state index in [9.17, 15) is 0 Å². The summed E-state index contributed by atoms with van der Waals surface area (Å²) in [5.41, 5.74) is 3.94. The predicted octanol–water partition coefficient (Wildman–Crippen LogP) is 2.81. The van der Waals surface area contributed by atoms with Crippen molar-refractivity contribution < 1.29 is 0 Å². The smallest absolute Gasteiger partial charge is 0.138 e. The summed E-state index contributed by atoms with van der Waals surface area (Å²) in [5.74, 6) is 1.04. The van der Waals surface area contributed by atoms with Crippen molar-refractivity contribution in [2.75, 3.05) is 6.54 Å². The third-order valence-electron chi connectivity index (χ3n) is 3.48. The van der Waals surface area contributed by atoms with Crippen LogP contribution in [0.4, 0.5) is 0 Å². The van der Waals surface area contributed by atoms with Gasteiger partial charge in [-0.15, -0.1) is 0 Å². The Morgan fingerprint density at radius 2 is 1.85 bits per heavy atom. The van der Waals surface area contributed by atoms with E-state index < -0.39 is 0 Å². The Bertz CT molecular complexity index is 539. The van der Waals surface area contributed by atoms with Crippen LogP contribution in [0.25, 0.3) is 0 Å². The van der Waals surface area contributed by atoms with E-state index in [0.717, 1.165) is 25.3 Å². The zero-order chi connectivity index (χ0) is 14.5. The maximum atomic E-state index is 4.39. The zero-order valence-electron chi connectivity index (χ0n) is 12.8. The topological polar surface area (TPSA) is 42.7 Å². The molecular weight excluding hydrogens is 248 g/mol. The molecule has 1 unspecified atom stereocenters. The summed E-state index contributed by atoms with van der Waals surface area (Å²) >= 11 is 0. The van der Waals surface area contributed by atoms with Crippen LogP contribution in [0, 0.1) is 13.8 Å². The largest absolute Gasteiger partial charge is 0.310 e. The van der Waals surface area contributed by atoms with Gasteiger partial charge in [0.15, 0.2) is 0 Å². The minimum Gasteiger partial charge on any atom is -0.310 e. The lowest BCUT2D eigenvalue weighted by Gasteiger charge is -2.19. The van der Waals surface area contributed by atoms with Gasteiger partial charge in [0.25, 0.3) is 0 Å². The highest BCUT2D eigenvalue weighted by molar-refractivity contribution is 5.31. The molecule has 108 valence electrons. The number of benzene rings is 1. The van der Waals surface area contributed by atoms with Gasteiger partial charge in [-0.2, -0.15) is 5.10 Å². The van der Waals surface area contributed by atoms with Crippen molar-refractivity contribution in [3.8, 4) is 0 Å². The number of hydrogen-bond donors (Lipinski definition) is 1. The van der Waals surface area contributed by atoms with Crippen molar-refractivity contribution in [2.45, 2.75) is 46.7 Å². The standard InChI is InChI=1S/C16H24N4/c1-5-17-15(10-16-18-11-19-20(16)6-2)14-8-12(3)7-13(4)9-14/h7-9,11,15,17H,5-6,10H2,1-4H3. The second-order valence-electron chi connectivity index (χ2n) is 5.23. The van der Waals surface area contributed by atoms with Crippen molar-refractivity contribution in [3.63, 3.8) is 0 Å². The van der Waals surface area contributed by atoms with Crippen LogP contribution in [-0.2, 0) is 13.0 Å². The maximum Gasteiger partial charge on any atom is 0.138 e. The molecular formula is C16H24N4. The summed E-state index contributed by atoms with van der Waals surface area (Å²) in [6.45, 7) is 10.3. The monoisotopic (exact) mass is 272 g/mol. The quantitative estimate of drug-likeness (QED) is 0.879. The molecule has 0 bridgehead atoms. The molecule has 0 saturated heterocycles. The lowest BCUT2D eigenvalue weighted by molar-refractivity contribution is 0.509. The van der Waals surface area contributed by atoms with Gasteiger partial charge in [-0.05, 0) is 32.9 Å². The highest BCUT2D eigenvalue weighted by atomic mass is 15.3. The Morgan fingerprint density at radius 3 is 2.45 bits per heavy atom. The molecule has 20 heavy (non-hydrogen) atoms. The van der Waals surface area contributed by atoms with Gasteiger partial charge < -0.3 is 5.32 Å². The summed E-state index contributed by atoms with van der Waals surface area (Å²) in [6.07, 6.45) is 2.51. The molecule has 2 aromatic rings. The lowest BCUT2D eigenvalue weighted by atomic mass is 9.99. The normalized spacial score (nSPS) is 12.6. The molecule has 1 N–H and O–H groups in total. The molecule has 0 aliphatic rings. The van der Waals surface area contributed by atoms with Gasteiger partial charge in [-0.1, -0.05) is 36.2 Å². The van der Waals surface area contributed by atoms with Gasteiger partial charge in [0.05, 0.1) is 0 Å². The molecule has 2 rings (SSSR count). The van der Waals surface area contributed by atoms with E-state index in [1.54, 1.807) is 6.33 Å². The molecule has 0 aliphatic heterocycles. The van der Waals surface area contributed by atoms with Crippen molar-refractivity contribution in [1.29, 1.82) is 0 Å². The molecule has 0 radical (unpaired) electrons. The summed E-state index contributed by atoms with van der Waals surface area (Å²) in [6, 6.07) is 7.01. The van der Waals surface area contributed by atoms with Crippen molar-refractivity contribution >= 4 is 0 Å². The SMILES string of the molecule is CCNC(Cc1ncnn1CC)c1cc(C)cc(C)c1. The molecule has 0 saturated carbocycles. The van der Waals surface area contributed by atoms with Gasteiger partial charge in [-0.25, -0.2) is 4.98 Å². The average molecular weight is 272 g/mol. The minimum absolute atomic E-state index is 0.285. The van der Waals surface area contributed by atoms with Gasteiger partial charge in [0.2, 0.25) is 0 Å². The third-order valence-corrected chi connectivity index (χ3v) is 3.48. The number of aromatic nitrogens is 3. The van der Waals surface area contributed by atoms with Crippen LogP contribution in [0.5, 0.6) is 0 Å². The first-order valence-corrected chi connectivity index (χ1v) is 7.32. The number of rotatable bonds is 6. The van der Waals surface area contributed by atoms with Gasteiger partial charge in [0, 0.05) is 19.0 Å². The highest BCUT2D eigenvalue weighted by Gasteiger charge is 2.15. The third kappa shape index (κ3) is 3.45. The van der Waals surface area contributed by atoms with Gasteiger partial charge >= 0.3 is 0 Å². The predicted molar refractivity (Wildman–Crippen MR) is 81.7 cm³/mol. The molecule has 1 atom stereocenters. The summed E-state index contributed by atoms with van der Waals surface area (Å²) in [4.78, 5) is 4.39. The summed E-state index contributed by atoms with van der Waals surface area (Å²) in [5, 5.41) is 7.82. The van der Waals surface area contributed by atoms with E-state index in [1.165, 1.54) is 16.7 Å². The fourth-order valence-corrected chi connectivity index (χ4v) is 2.66. The molecule has 1 heterocycles. The van der Waals surface area contributed by atoms with Crippen LogP contribution in [0.2, 0.25) is 0 Å². The summed E-state index contributed by atoms with van der Waals surface area (Å²) in [7, 11) is 0. The van der Waals surface area contributed by atoms with Crippen molar-refractivity contribution in [2.24, 2.45) is 0 Å². The molecule has 0 fully saturated rings. The fourth-order valence-electron chi connectivity index (χ4n) is 2.66. The van der Waals surface area contributed by atoms with Crippen LogP contribution in [0.3, 0.4) is 0 Å². The first-order valence-electron chi connectivity index (χ1n) is 7.32. The van der Waals surface area contributed by atoms with Crippen LogP contribution in [-0.4, -0.2) is 21.3 Å². The van der Waals surface area contributed by atoms with Gasteiger partial charge in [-0.3, -0.25) is 4.68 Å². The van der Waals surface area contributed by atoms with Crippen LogP contribution in [0.15, 0.2) is 24.5 Å². The molecule has 1 aromatic carbocycles. The number of hydrogen-bond acceptors (Lipinski definition) is 3. The Labute approximate surface area is 121 Å². The van der Waals surface area contributed by atoms with Crippen LogP contribution < -0.4 is 5.32 Å². The first-order chi connectivity index (χ1) is 9.63. The van der Waals surface area contributed by atoms with Crippen molar-refractivity contribution in [1.82, 2.24) is 20.1 Å². The fraction of sp³-hybridized carbons (Fsp3) is 0.500. The maximum absolute atomic E-state index is 4.39. The number of aryl methyl sites for hydroxylation is 3. The second-order valence-corrected chi connectivity index (χ2v) is 5.23. The molecule has 0 spiro atoms. The van der Waals surface area contributed by atoms with E-state index in [-0.39, 0.29) is 6.04 Å². The van der Waals surface area contributed by atoms with E-state index in [2.05, 4.69) is 61.3 Å². The van der Waals surface area contributed by atoms with Crippen molar-refractivity contribution in [3.05, 3.63) is 47.0 Å². The number of nitrogens with zero attached hydrogens (tertiary/aromatic N) is 3. The lowest BCUT2D eigenvalue weighted by Crippen LogP contribution is -2.24. The number of likely N-dealkylation sites (N-methyl/N-ethyl adjacent to an activating group) is 1. The van der Waals surface area contributed by atoms with Gasteiger partial charge in [0.1, 0.15) is 12.2 Å². The van der Waals surface area contributed by atoms with E-state index in [4.69, 9.17) is 0 Å². The first kappa shape index (κ1) is 14.7. The Morgan fingerprint density at radius 1 is 1.15 bits per heavy atom. The molecule has 1 aromatic heterocycles. The molecule has 4 nitrogen and oxygen atoms in total. The Balaban J connectivity index is 2.26. The Kier molecular flexibility index (Phi) is 4.90. The van der Waals surface area contributed by atoms with E-state index >= 15 is 0 Å². The molecule has 0 amide bonds. The van der Waals surface area contributed by atoms with Crippen LogP contribution >= 0.6 is 0 Å². The second kappa shape index (κ2) is 6.66. The average Bonchev–Trinajstić information content (AvgIpc) is 2.84. The van der Waals surface area contributed by atoms with E-state index in [1.807, 2.05) is 4.68 Å². The summed E-state index contributed by atoms with van der Waals surface area (Å²) < 4.78 is 1.97. The minimum atomic E-state index is 0.285. The molecule has 0 aliphatic carbocycles. The Hall–Kier alpha value is -1.68. The highest BCUT2D eigenvalue weighted by Crippen LogP contribution is 2.20. The van der Waals surface area contributed by atoms with E-state index in [0.29, 0.717) is 0 Å². The van der Waals surface area contributed by atoms with Crippen LogP contribution in [0.1, 0.15) is 42.4 Å². The molecule has 4 heteroatoms.